The molecule has 0 atom stereocenters. The summed E-state index contributed by atoms with van der Waals surface area (Å²) in [5.41, 5.74) is 4.75. The molecular weight excluding hydrogens is 282 g/mol. The maximum Gasteiger partial charge on any atom is 0.0694 e. The van der Waals surface area contributed by atoms with Gasteiger partial charge >= 0.3 is 0 Å². The molecule has 4 heteroatoms. The van der Waals surface area contributed by atoms with Crippen molar-refractivity contribution < 1.29 is 0 Å². The van der Waals surface area contributed by atoms with E-state index in [0.717, 1.165) is 35.8 Å². The van der Waals surface area contributed by atoms with E-state index in [0.29, 0.717) is 6.04 Å². The lowest BCUT2D eigenvalue weighted by Crippen LogP contribution is -2.17. The number of nitrogens with one attached hydrogen (secondary N) is 1. The Morgan fingerprint density at radius 1 is 1.24 bits per heavy atom. The molecule has 2 aromatic rings. The Morgan fingerprint density at radius 2 is 2.05 bits per heavy atom. The predicted octanol–water partition coefficient (Wildman–Crippen LogP) is 3.90. The number of hydrogen-bond acceptors (Lipinski definition) is 2. The van der Waals surface area contributed by atoms with Crippen molar-refractivity contribution >= 4 is 11.6 Å². The Hall–Kier alpha value is -1.32. The van der Waals surface area contributed by atoms with Gasteiger partial charge in [0.1, 0.15) is 0 Å². The van der Waals surface area contributed by atoms with Crippen LogP contribution in [0.25, 0.3) is 5.69 Å². The summed E-state index contributed by atoms with van der Waals surface area (Å²) in [4.78, 5) is 0. The van der Waals surface area contributed by atoms with Crippen molar-refractivity contribution in [3.63, 3.8) is 0 Å². The van der Waals surface area contributed by atoms with Crippen molar-refractivity contribution in [3.05, 3.63) is 46.2 Å². The van der Waals surface area contributed by atoms with Gasteiger partial charge in [-0.05, 0) is 55.5 Å². The van der Waals surface area contributed by atoms with E-state index in [1.807, 2.05) is 6.07 Å². The van der Waals surface area contributed by atoms with E-state index >= 15 is 0 Å². The summed E-state index contributed by atoms with van der Waals surface area (Å²) < 4.78 is 2.08. The summed E-state index contributed by atoms with van der Waals surface area (Å²) in [7, 11) is 0. The van der Waals surface area contributed by atoms with Crippen molar-refractivity contribution in [3.8, 4) is 5.69 Å². The first-order valence-electron chi connectivity index (χ1n) is 7.81. The van der Waals surface area contributed by atoms with Gasteiger partial charge < -0.3 is 5.32 Å². The quantitative estimate of drug-likeness (QED) is 0.877. The van der Waals surface area contributed by atoms with E-state index in [1.54, 1.807) is 0 Å². The Labute approximate surface area is 131 Å². The maximum absolute atomic E-state index is 6.18. The predicted molar refractivity (Wildman–Crippen MR) is 87.2 cm³/mol. The van der Waals surface area contributed by atoms with Gasteiger partial charge in [-0.3, -0.25) is 0 Å². The highest BCUT2D eigenvalue weighted by Gasteiger charge is 2.21. The maximum atomic E-state index is 6.18. The van der Waals surface area contributed by atoms with Crippen LogP contribution in [0.15, 0.2) is 24.3 Å². The zero-order valence-corrected chi connectivity index (χ0v) is 13.5. The molecule has 1 N–H and O–H groups in total. The number of halogens is 1. The summed E-state index contributed by atoms with van der Waals surface area (Å²) in [6, 6.07) is 8.97. The molecule has 1 aliphatic carbocycles. The van der Waals surface area contributed by atoms with Crippen LogP contribution in [-0.2, 0) is 19.4 Å². The van der Waals surface area contributed by atoms with Gasteiger partial charge in [0.15, 0.2) is 0 Å². The zero-order chi connectivity index (χ0) is 14.8. The first-order chi connectivity index (χ1) is 10.2. The normalized spacial score (nSPS) is 14.6. The molecule has 1 heterocycles. The van der Waals surface area contributed by atoms with E-state index in [2.05, 4.69) is 42.0 Å². The first-order valence-corrected chi connectivity index (χ1v) is 8.19. The molecular formula is C17H22ClN3. The van der Waals surface area contributed by atoms with Crippen LogP contribution in [0, 0.1) is 0 Å². The number of aryl methyl sites for hydroxylation is 2. The van der Waals surface area contributed by atoms with Crippen LogP contribution < -0.4 is 5.32 Å². The molecule has 0 saturated heterocycles. The van der Waals surface area contributed by atoms with Gasteiger partial charge in [-0.1, -0.05) is 25.4 Å². The second-order valence-corrected chi connectivity index (χ2v) is 6.11. The molecule has 1 aromatic carbocycles. The molecule has 0 radical (unpaired) electrons. The van der Waals surface area contributed by atoms with Gasteiger partial charge in [0.2, 0.25) is 0 Å². The molecule has 1 saturated carbocycles. The average molecular weight is 304 g/mol. The lowest BCUT2D eigenvalue weighted by atomic mass is 10.1. The molecule has 112 valence electrons. The number of rotatable bonds is 6. The van der Waals surface area contributed by atoms with E-state index in [9.17, 15) is 0 Å². The third-order valence-electron chi connectivity index (χ3n) is 3.99. The molecule has 3 nitrogen and oxygen atoms in total. The highest BCUT2D eigenvalue weighted by Crippen LogP contribution is 2.24. The average Bonchev–Trinajstić information content (AvgIpc) is 3.23. The topological polar surface area (TPSA) is 29.9 Å². The van der Waals surface area contributed by atoms with E-state index in [1.165, 1.54) is 24.1 Å². The van der Waals surface area contributed by atoms with E-state index < -0.39 is 0 Å². The minimum Gasteiger partial charge on any atom is -0.310 e. The van der Waals surface area contributed by atoms with Crippen molar-refractivity contribution in [1.29, 1.82) is 0 Å². The Balaban J connectivity index is 1.97. The van der Waals surface area contributed by atoms with E-state index in [-0.39, 0.29) is 0 Å². The minimum absolute atomic E-state index is 0.686. The van der Waals surface area contributed by atoms with Crippen LogP contribution in [0.4, 0.5) is 0 Å². The van der Waals surface area contributed by atoms with Crippen LogP contribution in [0.2, 0.25) is 5.02 Å². The molecule has 21 heavy (non-hydrogen) atoms. The fourth-order valence-corrected chi connectivity index (χ4v) is 2.75. The number of hydrogen-bond donors (Lipinski definition) is 1. The Kier molecular flexibility index (Phi) is 4.32. The van der Waals surface area contributed by atoms with Crippen molar-refractivity contribution in [2.24, 2.45) is 0 Å². The molecule has 1 aromatic heterocycles. The van der Waals surface area contributed by atoms with Gasteiger partial charge in [-0.25, -0.2) is 4.68 Å². The summed E-state index contributed by atoms with van der Waals surface area (Å²) in [6.07, 6.45) is 4.52. The van der Waals surface area contributed by atoms with Crippen LogP contribution in [0.5, 0.6) is 0 Å². The summed E-state index contributed by atoms with van der Waals surface area (Å²) in [5.74, 6) is 0. The summed E-state index contributed by atoms with van der Waals surface area (Å²) >= 11 is 6.18. The lowest BCUT2D eigenvalue weighted by molar-refractivity contribution is 0.677. The largest absolute Gasteiger partial charge is 0.310 e. The van der Waals surface area contributed by atoms with Gasteiger partial charge in [0.25, 0.3) is 0 Å². The molecule has 3 rings (SSSR count). The minimum atomic E-state index is 0.686. The van der Waals surface area contributed by atoms with Crippen LogP contribution in [0.3, 0.4) is 0 Å². The standard InChI is InChI=1S/C17H22ClN3/c1-3-14-10-16(4-2)21(20-14)17-8-5-13(18)9-12(17)11-19-15-6-7-15/h5,8-10,15,19H,3-4,6-7,11H2,1-2H3. The third kappa shape index (κ3) is 3.30. The van der Waals surface area contributed by atoms with Crippen molar-refractivity contribution in [1.82, 2.24) is 15.1 Å². The second kappa shape index (κ2) is 6.20. The number of benzene rings is 1. The molecule has 0 aliphatic heterocycles. The molecule has 1 aliphatic rings. The van der Waals surface area contributed by atoms with Gasteiger partial charge in [-0.15, -0.1) is 0 Å². The second-order valence-electron chi connectivity index (χ2n) is 5.67. The lowest BCUT2D eigenvalue weighted by Gasteiger charge is -2.13. The highest BCUT2D eigenvalue weighted by atomic mass is 35.5. The summed E-state index contributed by atoms with van der Waals surface area (Å²) in [5, 5.41) is 9.10. The fraction of sp³-hybridized carbons (Fsp3) is 0.471. The first kappa shape index (κ1) is 14.6. The van der Waals surface area contributed by atoms with Gasteiger partial charge in [0, 0.05) is 23.3 Å². The molecule has 1 fully saturated rings. The monoisotopic (exact) mass is 303 g/mol. The van der Waals surface area contributed by atoms with Crippen LogP contribution >= 0.6 is 11.6 Å². The highest BCUT2D eigenvalue weighted by molar-refractivity contribution is 6.30. The smallest absolute Gasteiger partial charge is 0.0694 e. The molecule has 0 amide bonds. The van der Waals surface area contributed by atoms with Crippen LogP contribution in [0.1, 0.15) is 43.6 Å². The zero-order valence-electron chi connectivity index (χ0n) is 12.7. The fourth-order valence-electron chi connectivity index (χ4n) is 2.55. The molecule has 0 bridgehead atoms. The van der Waals surface area contributed by atoms with Crippen molar-refractivity contribution in [2.45, 2.75) is 52.1 Å². The van der Waals surface area contributed by atoms with Crippen LogP contribution in [-0.4, -0.2) is 15.8 Å². The van der Waals surface area contributed by atoms with Crippen molar-refractivity contribution in [2.75, 3.05) is 0 Å². The van der Waals surface area contributed by atoms with E-state index in [4.69, 9.17) is 16.7 Å². The SMILES string of the molecule is CCc1cc(CC)n(-c2ccc(Cl)cc2CNC2CC2)n1. The molecule has 0 unspecified atom stereocenters. The number of nitrogens with zero attached hydrogens (tertiary/aromatic N) is 2. The Bertz CT molecular complexity index is 629. The molecule has 0 spiro atoms. The Morgan fingerprint density at radius 3 is 2.71 bits per heavy atom. The number of aromatic nitrogens is 2. The van der Waals surface area contributed by atoms with Gasteiger partial charge in [0.05, 0.1) is 11.4 Å². The summed E-state index contributed by atoms with van der Waals surface area (Å²) in [6.45, 7) is 5.17. The van der Waals surface area contributed by atoms with Gasteiger partial charge in [-0.2, -0.15) is 5.10 Å². The third-order valence-corrected chi connectivity index (χ3v) is 4.22.